The zero-order valence-corrected chi connectivity index (χ0v) is 4.33. The quantitative estimate of drug-likeness (QED) is 0.299. The molecule has 0 aromatic rings. The molecule has 0 bridgehead atoms. The van der Waals surface area contributed by atoms with E-state index >= 15 is 0 Å². The lowest BCUT2D eigenvalue weighted by molar-refractivity contribution is -0.465. The van der Waals surface area contributed by atoms with E-state index in [4.69, 9.17) is 15.3 Å². The van der Waals surface area contributed by atoms with Crippen LogP contribution in [0.4, 0.5) is 0 Å². The molecule has 0 radical (unpaired) electrons. The van der Waals surface area contributed by atoms with Gasteiger partial charge in [-0.3, -0.25) is 5.32 Å². The van der Waals surface area contributed by atoms with Crippen LogP contribution in [0.5, 0.6) is 0 Å². The van der Waals surface area contributed by atoms with Crippen molar-refractivity contribution >= 4 is 0 Å². The van der Waals surface area contributed by atoms with Crippen molar-refractivity contribution in [3.63, 3.8) is 0 Å². The number of nitrogens with one attached hydrogen (secondary N) is 1. The number of hydrogen-bond acceptors (Lipinski definition) is 5. The first-order chi connectivity index (χ1) is 3.91. The first-order valence-corrected chi connectivity index (χ1v) is 2.15. The Hall–Kier alpha value is -0.200. The first kappa shape index (κ1) is 7.80. The molecule has 1 aliphatic rings. The zero-order chi connectivity index (χ0) is 6.24. The molecule has 8 heavy (non-hydrogen) atoms. The summed E-state index contributed by atoms with van der Waals surface area (Å²) in [6, 6.07) is 0. The Morgan fingerprint density at radius 3 is 2.25 bits per heavy atom. The van der Waals surface area contributed by atoms with Gasteiger partial charge in [-0.1, -0.05) is 5.04 Å². The lowest BCUT2D eigenvalue weighted by Gasteiger charge is -1.76. The molecule has 1 heterocycles. The Morgan fingerprint density at radius 2 is 2.12 bits per heavy atom. The van der Waals surface area contributed by atoms with Gasteiger partial charge in [-0.25, -0.2) is 10.5 Å². The van der Waals surface area contributed by atoms with Gasteiger partial charge in [0.2, 0.25) is 0 Å². The van der Waals surface area contributed by atoms with E-state index in [1.807, 2.05) is 0 Å². The maximum absolute atomic E-state index is 6.62. The van der Waals surface area contributed by atoms with Crippen molar-refractivity contribution in [2.45, 2.75) is 0 Å². The van der Waals surface area contributed by atoms with Crippen LogP contribution in [0.25, 0.3) is 0 Å². The van der Waals surface area contributed by atoms with Gasteiger partial charge >= 0.3 is 0 Å². The van der Waals surface area contributed by atoms with Gasteiger partial charge in [0.1, 0.15) is 0 Å². The summed E-state index contributed by atoms with van der Waals surface area (Å²) in [4.78, 5) is 0. The highest BCUT2D eigenvalue weighted by Crippen LogP contribution is 1.75. The topological polar surface area (TPSA) is 71.0 Å². The second kappa shape index (κ2) is 6.80. The van der Waals surface area contributed by atoms with Crippen molar-refractivity contribution in [2.24, 2.45) is 0 Å². The first-order valence-electron chi connectivity index (χ1n) is 2.15. The summed E-state index contributed by atoms with van der Waals surface area (Å²) in [6.07, 6.45) is 0. The predicted octanol–water partition coefficient (Wildman–Crippen LogP) is -0.487. The lowest BCUT2D eigenvalue weighted by Crippen LogP contribution is -2.05. The van der Waals surface area contributed by atoms with Crippen molar-refractivity contribution in [2.75, 3.05) is 19.9 Å². The maximum Gasteiger partial charge on any atom is 0.0966 e. The van der Waals surface area contributed by atoms with Crippen LogP contribution in [0.2, 0.25) is 0 Å². The Morgan fingerprint density at radius 1 is 1.50 bits per heavy atom. The normalized spacial score (nSPS) is 17.2. The van der Waals surface area contributed by atoms with Crippen LogP contribution >= 0.6 is 0 Å². The average Bonchev–Trinajstić information content (AvgIpc) is 2.17. The summed E-state index contributed by atoms with van der Waals surface area (Å²) in [5.41, 5.74) is 0. The highest BCUT2D eigenvalue weighted by molar-refractivity contribution is 4.43. The van der Waals surface area contributed by atoms with Crippen molar-refractivity contribution < 1.29 is 20.3 Å². The molecule has 1 saturated heterocycles. The van der Waals surface area contributed by atoms with Gasteiger partial charge in [-0.2, -0.15) is 0 Å². The van der Waals surface area contributed by atoms with Crippen molar-refractivity contribution in [1.82, 2.24) is 5.32 Å². The Labute approximate surface area is 46.7 Å². The molecular weight excluding hydrogens is 114 g/mol. The van der Waals surface area contributed by atoms with Crippen LogP contribution in [0, 0.1) is 0 Å². The van der Waals surface area contributed by atoms with Crippen molar-refractivity contribution in [3.05, 3.63) is 0 Å². The van der Waals surface area contributed by atoms with Crippen LogP contribution in [0.3, 0.4) is 0 Å². The fraction of sp³-hybridized carbons (Fsp3) is 1.00. The highest BCUT2D eigenvalue weighted by atomic mass is 17.4. The molecule has 50 valence electrons. The molecular formula is C3H9NO4. The molecule has 5 heteroatoms. The second-order valence-electron chi connectivity index (χ2n) is 1.13. The van der Waals surface area contributed by atoms with E-state index in [1.165, 1.54) is 0 Å². The summed E-state index contributed by atoms with van der Waals surface area (Å²) in [5.74, 6) is 0. The predicted molar refractivity (Wildman–Crippen MR) is 25.2 cm³/mol. The van der Waals surface area contributed by atoms with Gasteiger partial charge in [0.05, 0.1) is 13.3 Å². The van der Waals surface area contributed by atoms with E-state index < -0.39 is 0 Å². The fourth-order valence-electron chi connectivity index (χ4n) is 0.361. The Kier molecular flexibility index (Phi) is 6.63. The van der Waals surface area contributed by atoms with Gasteiger partial charge in [0.25, 0.3) is 0 Å². The van der Waals surface area contributed by atoms with E-state index in [9.17, 15) is 0 Å². The summed E-state index contributed by atoms with van der Waals surface area (Å²) in [7, 11) is 0. The molecule has 0 aromatic heterocycles. The maximum atomic E-state index is 6.62. The van der Waals surface area contributed by atoms with Crippen LogP contribution < -0.4 is 5.32 Å². The van der Waals surface area contributed by atoms with Gasteiger partial charge in [0, 0.05) is 6.54 Å². The third-order valence-corrected chi connectivity index (χ3v) is 0.627. The second-order valence-corrected chi connectivity index (χ2v) is 1.13. The summed E-state index contributed by atoms with van der Waals surface area (Å²) in [5, 5.41) is 18.5. The summed E-state index contributed by atoms with van der Waals surface area (Å²) < 4.78 is 4.83. The van der Waals surface area contributed by atoms with Gasteiger partial charge in [0.15, 0.2) is 0 Å². The molecule has 0 atom stereocenters. The van der Waals surface area contributed by atoms with Crippen LogP contribution in [0.1, 0.15) is 0 Å². The summed E-state index contributed by atoms with van der Waals surface area (Å²) >= 11 is 0. The molecule has 5 nitrogen and oxygen atoms in total. The minimum absolute atomic E-state index is 0.750. The standard InChI is InChI=1S/C3H7NO.H2O3/c1-2-5-3-4-1;1-3-2/h4H,1-3H2;1-2H. The van der Waals surface area contributed by atoms with Crippen LogP contribution in [-0.2, 0) is 9.78 Å². The molecule has 0 spiro atoms. The average molecular weight is 123 g/mol. The molecule has 0 saturated carbocycles. The molecule has 0 unspecified atom stereocenters. The Bertz CT molecular complexity index is 30.7. The molecule has 0 aliphatic carbocycles. The van der Waals surface area contributed by atoms with Gasteiger partial charge in [-0.15, -0.1) is 0 Å². The number of hydrogen-bond donors (Lipinski definition) is 3. The minimum atomic E-state index is 0.750. The van der Waals surface area contributed by atoms with Gasteiger partial charge < -0.3 is 4.74 Å². The molecule has 3 N–H and O–H groups in total. The van der Waals surface area contributed by atoms with E-state index in [0.717, 1.165) is 19.9 Å². The molecule has 1 fully saturated rings. The zero-order valence-electron chi connectivity index (χ0n) is 4.33. The van der Waals surface area contributed by atoms with Crippen molar-refractivity contribution in [3.8, 4) is 0 Å². The molecule has 1 rings (SSSR count). The summed E-state index contributed by atoms with van der Waals surface area (Å²) in [6.45, 7) is 2.67. The van der Waals surface area contributed by atoms with E-state index in [0.29, 0.717) is 0 Å². The lowest BCUT2D eigenvalue weighted by atomic mass is 10.7. The van der Waals surface area contributed by atoms with E-state index in [1.54, 1.807) is 0 Å². The molecule has 0 aromatic carbocycles. The number of ether oxygens (including phenoxy) is 1. The third-order valence-electron chi connectivity index (χ3n) is 0.627. The minimum Gasteiger partial charge on any atom is -0.365 e. The van der Waals surface area contributed by atoms with Crippen LogP contribution in [-0.4, -0.2) is 30.4 Å². The van der Waals surface area contributed by atoms with Gasteiger partial charge in [-0.05, 0) is 0 Å². The largest absolute Gasteiger partial charge is 0.365 e. The molecule has 1 aliphatic heterocycles. The highest BCUT2D eigenvalue weighted by Gasteiger charge is 1.92. The smallest absolute Gasteiger partial charge is 0.0966 e. The van der Waals surface area contributed by atoms with Crippen LogP contribution in [0.15, 0.2) is 0 Å². The SMILES string of the molecule is C1COCN1.OOO. The third kappa shape index (κ3) is 5.80. The van der Waals surface area contributed by atoms with E-state index in [-0.39, 0.29) is 0 Å². The van der Waals surface area contributed by atoms with Crippen molar-refractivity contribution in [1.29, 1.82) is 0 Å². The Balaban J connectivity index is 0.000000145. The van der Waals surface area contributed by atoms with E-state index in [2.05, 4.69) is 10.4 Å². The fourth-order valence-corrected chi connectivity index (χ4v) is 0.361. The number of rotatable bonds is 0. The molecule has 0 amide bonds. The monoisotopic (exact) mass is 123 g/mol.